The van der Waals surface area contributed by atoms with Crippen molar-refractivity contribution >= 4 is 39.5 Å². The molecule has 0 radical (unpaired) electrons. The smallest absolute Gasteiger partial charge is 0.462 e. The Bertz CT molecular complexity index is 2130. The predicted octanol–water partition coefficient (Wildman–Crippen LogP) is 26.2. The highest BCUT2D eigenvalue weighted by molar-refractivity contribution is 7.47. The Morgan fingerprint density at radius 3 is 0.849 bits per heavy atom. The van der Waals surface area contributed by atoms with Crippen LogP contribution in [0, 0.1) is 11.8 Å². The van der Waals surface area contributed by atoms with Crippen molar-refractivity contribution in [2.24, 2.45) is 11.8 Å². The van der Waals surface area contributed by atoms with Crippen molar-refractivity contribution in [3.8, 4) is 0 Å². The van der Waals surface area contributed by atoms with E-state index in [0.29, 0.717) is 25.7 Å². The quantitative estimate of drug-likeness (QED) is 0.0169. The van der Waals surface area contributed by atoms with Gasteiger partial charge in [0.1, 0.15) is 19.3 Å². The van der Waals surface area contributed by atoms with E-state index < -0.39 is 97.5 Å². The van der Waals surface area contributed by atoms with Gasteiger partial charge in [0.25, 0.3) is 0 Å². The van der Waals surface area contributed by atoms with Gasteiger partial charge in [-0.3, -0.25) is 37.3 Å². The average Bonchev–Trinajstić information content (AvgIpc) is 0.924. The number of allylic oxidation sites excluding steroid dienone is 4. The molecule has 106 heavy (non-hydrogen) atoms. The number of aliphatic hydroxyl groups is 1. The molecule has 0 heterocycles. The van der Waals surface area contributed by atoms with Crippen LogP contribution >= 0.6 is 15.6 Å². The zero-order valence-electron chi connectivity index (χ0n) is 69.2. The monoisotopic (exact) mass is 1550 g/mol. The molecule has 0 saturated heterocycles. The Balaban J connectivity index is 5.28. The Labute approximate surface area is 650 Å². The predicted molar refractivity (Wildman–Crippen MR) is 437 cm³/mol. The van der Waals surface area contributed by atoms with Crippen molar-refractivity contribution in [2.75, 3.05) is 39.6 Å². The Kier molecular flexibility index (Phi) is 76.0. The lowest BCUT2D eigenvalue weighted by Crippen LogP contribution is -2.30. The van der Waals surface area contributed by atoms with Crippen molar-refractivity contribution < 1.29 is 80.2 Å². The lowest BCUT2D eigenvalue weighted by Gasteiger charge is -2.21. The number of carbonyl (C=O) groups is 4. The van der Waals surface area contributed by atoms with Crippen molar-refractivity contribution in [1.82, 2.24) is 0 Å². The number of ether oxygens (including phenoxy) is 4. The van der Waals surface area contributed by atoms with Gasteiger partial charge in [0, 0.05) is 25.7 Å². The molecule has 0 spiro atoms. The molecule has 0 aliphatic rings. The summed E-state index contributed by atoms with van der Waals surface area (Å²) < 4.78 is 68.9. The SMILES string of the molecule is CCCCCC/C=C\C=C/CCCCCCCC(=O)O[C@H](COC(=O)CCCCCCCCCCC(C)CC)COP(=O)(O)OC[C@H](O)COP(=O)(O)OC[C@@H](COC(=O)CCCCCCCCCCCCCCCCCCCC)OC(=O)CCCCCCCCCCCCCCCCCCCCC(C)C. The van der Waals surface area contributed by atoms with Gasteiger partial charge in [0.2, 0.25) is 0 Å². The van der Waals surface area contributed by atoms with Gasteiger partial charge >= 0.3 is 39.5 Å². The van der Waals surface area contributed by atoms with Gasteiger partial charge in [-0.05, 0) is 63.2 Å². The van der Waals surface area contributed by atoms with Crippen molar-refractivity contribution in [1.29, 1.82) is 0 Å². The Morgan fingerprint density at radius 2 is 0.557 bits per heavy atom. The number of unbranched alkanes of at least 4 members (excludes halogenated alkanes) is 50. The van der Waals surface area contributed by atoms with Crippen LogP contribution in [0.25, 0.3) is 0 Å². The van der Waals surface area contributed by atoms with E-state index in [9.17, 15) is 43.2 Å². The summed E-state index contributed by atoms with van der Waals surface area (Å²) in [6.45, 7) is 9.64. The highest BCUT2D eigenvalue weighted by Crippen LogP contribution is 2.45. The van der Waals surface area contributed by atoms with E-state index >= 15 is 0 Å². The third-order valence-electron chi connectivity index (χ3n) is 20.2. The number of esters is 4. The van der Waals surface area contributed by atoms with E-state index in [1.54, 1.807) is 0 Å². The van der Waals surface area contributed by atoms with Gasteiger partial charge in [-0.2, -0.15) is 0 Å². The second-order valence-corrected chi connectivity index (χ2v) is 34.2. The first-order valence-electron chi connectivity index (χ1n) is 44.3. The molecule has 0 amide bonds. The first kappa shape index (κ1) is 104. The number of rotatable bonds is 84. The van der Waals surface area contributed by atoms with E-state index in [2.05, 4.69) is 65.8 Å². The molecular weight excluding hydrogens is 1380 g/mol. The summed E-state index contributed by atoms with van der Waals surface area (Å²) in [5.74, 6) is -0.538. The minimum atomic E-state index is -4.97. The maximum absolute atomic E-state index is 13.2. The van der Waals surface area contributed by atoms with Crippen LogP contribution < -0.4 is 0 Å². The van der Waals surface area contributed by atoms with Crippen LogP contribution in [0.1, 0.15) is 440 Å². The largest absolute Gasteiger partial charge is 0.472 e. The average molecular weight is 1550 g/mol. The highest BCUT2D eigenvalue weighted by Gasteiger charge is 2.30. The number of aliphatic hydroxyl groups excluding tert-OH is 1. The van der Waals surface area contributed by atoms with E-state index in [4.69, 9.17) is 37.0 Å². The van der Waals surface area contributed by atoms with Gasteiger partial charge in [0.15, 0.2) is 12.2 Å². The van der Waals surface area contributed by atoms with E-state index in [0.717, 1.165) is 115 Å². The van der Waals surface area contributed by atoms with Gasteiger partial charge in [0.05, 0.1) is 26.4 Å². The second-order valence-electron chi connectivity index (χ2n) is 31.3. The molecule has 0 fully saturated rings. The third-order valence-corrected chi connectivity index (χ3v) is 22.1. The lowest BCUT2D eigenvalue weighted by atomic mass is 9.99. The maximum atomic E-state index is 13.2. The molecule has 0 aromatic carbocycles. The summed E-state index contributed by atoms with van der Waals surface area (Å²) in [6, 6.07) is 0. The molecular formula is C87H166O17P2. The van der Waals surface area contributed by atoms with Crippen LogP contribution in [0.5, 0.6) is 0 Å². The summed E-state index contributed by atoms with van der Waals surface area (Å²) in [5.41, 5.74) is 0. The molecule has 0 rings (SSSR count). The van der Waals surface area contributed by atoms with Gasteiger partial charge < -0.3 is 33.8 Å². The summed E-state index contributed by atoms with van der Waals surface area (Å²) in [5, 5.41) is 10.7. The van der Waals surface area contributed by atoms with Crippen LogP contribution in [0.3, 0.4) is 0 Å². The van der Waals surface area contributed by atoms with Crippen LogP contribution in [0.2, 0.25) is 0 Å². The fourth-order valence-corrected chi connectivity index (χ4v) is 14.6. The molecule has 17 nitrogen and oxygen atoms in total. The molecule has 19 heteroatoms. The molecule has 0 aliphatic heterocycles. The zero-order valence-corrected chi connectivity index (χ0v) is 71.0. The first-order chi connectivity index (χ1) is 51.4. The molecule has 0 aliphatic carbocycles. The third kappa shape index (κ3) is 78.2. The van der Waals surface area contributed by atoms with Crippen molar-refractivity contribution in [3.63, 3.8) is 0 Å². The summed E-state index contributed by atoms with van der Waals surface area (Å²) >= 11 is 0. The van der Waals surface area contributed by atoms with Crippen LogP contribution in [-0.2, 0) is 65.4 Å². The summed E-state index contributed by atoms with van der Waals surface area (Å²) in [4.78, 5) is 73.2. The van der Waals surface area contributed by atoms with E-state index in [1.807, 2.05) is 0 Å². The molecule has 0 aromatic rings. The first-order valence-corrected chi connectivity index (χ1v) is 47.3. The standard InChI is InChI=1S/C87H166O17P2/c1-7-10-12-14-16-18-20-22-24-25-29-33-36-40-44-51-57-63-69-84(89)97-75-82(103-86(91)72-66-60-54-46-42-38-34-30-27-26-28-32-35-39-43-49-55-61-67-79(4)5)77-101-105(93,94)99-73-81(88)74-100-106(95,96)102-78-83(76-98-85(90)70-64-58-52-48-47-50-56-62-68-80(6)9-3)104-87(92)71-65-59-53-45-41-37-31-23-21-19-17-15-13-11-8-2/h19,21,23,31,79-83,88H,7-18,20,22,24-30,32-78H2,1-6H3,(H,93,94)(H,95,96)/b21-19-,31-23-/t80?,81-,82-,83-/m1/s1. The lowest BCUT2D eigenvalue weighted by molar-refractivity contribution is -0.161. The van der Waals surface area contributed by atoms with Gasteiger partial charge in [-0.25, -0.2) is 9.13 Å². The number of phosphoric ester groups is 2. The summed E-state index contributed by atoms with van der Waals surface area (Å²) in [7, 11) is -9.94. The van der Waals surface area contributed by atoms with Crippen molar-refractivity contribution in [2.45, 2.75) is 458 Å². The minimum absolute atomic E-state index is 0.0849. The molecule has 3 unspecified atom stereocenters. The Hall–Kier alpha value is -2.46. The number of carbonyl (C=O) groups excluding carboxylic acids is 4. The van der Waals surface area contributed by atoms with E-state index in [-0.39, 0.29) is 25.7 Å². The molecule has 6 atom stereocenters. The number of hydrogen-bond acceptors (Lipinski definition) is 15. The normalized spacial score (nSPS) is 14.2. The van der Waals surface area contributed by atoms with Crippen LogP contribution in [0.15, 0.2) is 24.3 Å². The van der Waals surface area contributed by atoms with Crippen LogP contribution in [0.4, 0.5) is 0 Å². The van der Waals surface area contributed by atoms with Gasteiger partial charge in [-0.1, -0.05) is 387 Å². The van der Waals surface area contributed by atoms with Crippen LogP contribution in [-0.4, -0.2) is 96.7 Å². The topological polar surface area (TPSA) is 237 Å². The molecule has 0 saturated carbocycles. The minimum Gasteiger partial charge on any atom is -0.462 e. The molecule has 0 bridgehead atoms. The highest BCUT2D eigenvalue weighted by atomic mass is 31.2. The van der Waals surface area contributed by atoms with Gasteiger partial charge in [-0.15, -0.1) is 0 Å². The molecule has 0 aromatic heterocycles. The van der Waals surface area contributed by atoms with Crippen molar-refractivity contribution in [3.05, 3.63) is 24.3 Å². The number of phosphoric acid groups is 2. The summed E-state index contributed by atoms with van der Waals surface area (Å²) in [6.07, 6.45) is 73.0. The molecule has 3 N–H and O–H groups in total. The zero-order chi connectivity index (χ0) is 77.8. The molecule has 626 valence electrons. The van der Waals surface area contributed by atoms with E-state index in [1.165, 1.54) is 244 Å². The Morgan fingerprint density at radius 1 is 0.311 bits per heavy atom. The fourth-order valence-electron chi connectivity index (χ4n) is 13.0. The maximum Gasteiger partial charge on any atom is 0.472 e. The second kappa shape index (κ2) is 77.8. The fraction of sp³-hybridized carbons (Fsp3) is 0.908. The number of hydrogen-bond donors (Lipinski definition) is 3.